The molecule has 1 aromatic carbocycles. The predicted molar refractivity (Wildman–Crippen MR) is 88.4 cm³/mol. The van der Waals surface area contributed by atoms with Crippen LogP contribution in [-0.2, 0) is 10.0 Å². The summed E-state index contributed by atoms with van der Waals surface area (Å²) < 4.78 is 26.5. The number of nitrogens with zero attached hydrogens (tertiary/aromatic N) is 4. The third kappa shape index (κ3) is 3.35. The van der Waals surface area contributed by atoms with Crippen molar-refractivity contribution in [1.29, 1.82) is 0 Å². The molecule has 1 aromatic heterocycles. The van der Waals surface area contributed by atoms with E-state index in [1.165, 1.54) is 18.2 Å². The van der Waals surface area contributed by atoms with E-state index in [4.69, 9.17) is 23.2 Å². The molecule has 122 valence electrons. The van der Waals surface area contributed by atoms with Crippen molar-refractivity contribution in [3.63, 3.8) is 0 Å². The van der Waals surface area contributed by atoms with Crippen molar-refractivity contribution in [3.05, 3.63) is 46.7 Å². The predicted octanol–water partition coefficient (Wildman–Crippen LogP) is 1.13. The first-order chi connectivity index (χ1) is 10.8. The first-order valence-corrected chi connectivity index (χ1v) is 8.24. The van der Waals surface area contributed by atoms with Gasteiger partial charge in [-0.3, -0.25) is 0 Å². The maximum atomic E-state index is 12.9. The molecule has 0 aliphatic rings. The van der Waals surface area contributed by atoms with Crippen molar-refractivity contribution in [2.24, 2.45) is 16.7 Å². The van der Waals surface area contributed by atoms with Gasteiger partial charge in [0, 0.05) is 11.4 Å². The fourth-order valence-corrected chi connectivity index (χ4v) is 3.72. The van der Waals surface area contributed by atoms with Crippen LogP contribution in [0.5, 0.6) is 0 Å². The summed E-state index contributed by atoms with van der Waals surface area (Å²) in [4.78, 5) is 8.05. The molecule has 0 atom stereocenters. The quantitative estimate of drug-likeness (QED) is 0.368. The summed E-state index contributed by atoms with van der Waals surface area (Å²) in [7, 11) is -4.19. The van der Waals surface area contributed by atoms with Gasteiger partial charge in [-0.2, -0.15) is 4.31 Å². The van der Waals surface area contributed by atoms with Gasteiger partial charge in [0.05, 0.1) is 5.02 Å². The average molecular weight is 355 g/mol. The number of hydrazone groups is 1. The summed E-state index contributed by atoms with van der Waals surface area (Å²) in [6.45, 7) is 3.41. The Hall–Kier alpha value is -2.39. The maximum Gasteiger partial charge on any atom is 0.274 e. The van der Waals surface area contributed by atoms with E-state index in [1.54, 1.807) is 26.0 Å². The van der Waals surface area contributed by atoms with Crippen LogP contribution >= 0.6 is 11.6 Å². The average Bonchev–Trinajstić information content (AvgIpc) is 2.46. The van der Waals surface area contributed by atoms with Crippen molar-refractivity contribution < 1.29 is 8.42 Å². The van der Waals surface area contributed by atoms with Crippen LogP contribution in [0.3, 0.4) is 0 Å². The fraction of sp³-hybridized carbons (Fsp3) is 0.154. The molecule has 0 unspecified atom stereocenters. The van der Waals surface area contributed by atoms with Gasteiger partial charge >= 0.3 is 0 Å². The lowest BCUT2D eigenvalue weighted by atomic mass is 10.4. The van der Waals surface area contributed by atoms with Crippen LogP contribution in [0, 0.1) is 13.8 Å². The minimum absolute atomic E-state index is 0.0340. The van der Waals surface area contributed by atoms with E-state index in [0.717, 1.165) is 0 Å². The molecular formula is C13H15ClN6O2S. The Bertz CT molecular complexity index is 848. The van der Waals surface area contributed by atoms with Crippen LogP contribution in [0.4, 0.5) is 5.95 Å². The lowest BCUT2D eigenvalue weighted by molar-refractivity contribution is 0.596. The molecule has 0 aliphatic carbocycles. The van der Waals surface area contributed by atoms with E-state index in [0.29, 0.717) is 15.7 Å². The van der Waals surface area contributed by atoms with Crippen molar-refractivity contribution >= 4 is 33.5 Å². The van der Waals surface area contributed by atoms with Crippen molar-refractivity contribution in [1.82, 2.24) is 9.97 Å². The minimum Gasteiger partial charge on any atom is -0.367 e. The maximum absolute atomic E-state index is 12.9. The number of rotatable bonds is 3. The van der Waals surface area contributed by atoms with E-state index >= 15 is 0 Å². The zero-order valence-corrected chi connectivity index (χ0v) is 14.0. The summed E-state index contributed by atoms with van der Waals surface area (Å²) in [5.41, 5.74) is 6.80. The zero-order valence-electron chi connectivity index (χ0n) is 12.4. The van der Waals surface area contributed by atoms with E-state index in [2.05, 4.69) is 15.1 Å². The van der Waals surface area contributed by atoms with Crippen LogP contribution in [0.15, 0.2) is 40.3 Å². The van der Waals surface area contributed by atoms with Crippen LogP contribution in [0.1, 0.15) is 11.4 Å². The minimum atomic E-state index is -4.19. The molecule has 0 radical (unpaired) electrons. The number of benzene rings is 1. The van der Waals surface area contributed by atoms with Crippen molar-refractivity contribution in [2.75, 3.05) is 4.31 Å². The molecule has 10 heteroatoms. The number of anilines is 1. The van der Waals surface area contributed by atoms with E-state index in [1.807, 2.05) is 0 Å². The van der Waals surface area contributed by atoms with Crippen molar-refractivity contribution in [2.45, 2.75) is 18.7 Å². The highest BCUT2D eigenvalue weighted by molar-refractivity contribution is 7.93. The standard InChI is InChI=1S/C13H15ClN6O2S/c1-8-7-9(2)18-13(17-8)20(12(15)19-16)23(21,22)11-6-4-3-5-10(11)14/h3-7H,16H2,1-2H3,(H2,15,19). The smallest absolute Gasteiger partial charge is 0.274 e. The number of guanidine groups is 1. The molecule has 1 heterocycles. The number of halogens is 1. The van der Waals surface area contributed by atoms with Gasteiger partial charge in [0.2, 0.25) is 11.9 Å². The Morgan fingerprint density at radius 1 is 1.22 bits per heavy atom. The van der Waals surface area contributed by atoms with E-state index < -0.39 is 16.0 Å². The van der Waals surface area contributed by atoms with Gasteiger partial charge in [-0.1, -0.05) is 23.7 Å². The summed E-state index contributed by atoms with van der Waals surface area (Å²) >= 11 is 5.99. The first kappa shape index (κ1) is 17.0. The molecule has 0 fully saturated rings. The number of hydrogen-bond donors (Lipinski definition) is 2. The molecule has 0 bridgehead atoms. The molecular weight excluding hydrogens is 340 g/mol. The number of nitrogens with two attached hydrogens (primary N) is 2. The van der Waals surface area contributed by atoms with E-state index in [-0.39, 0.29) is 15.9 Å². The van der Waals surface area contributed by atoms with Crippen LogP contribution < -0.4 is 15.9 Å². The van der Waals surface area contributed by atoms with Crippen molar-refractivity contribution in [3.8, 4) is 0 Å². The molecule has 0 saturated carbocycles. The highest BCUT2D eigenvalue weighted by Crippen LogP contribution is 2.26. The second-order valence-electron chi connectivity index (χ2n) is 4.64. The highest BCUT2D eigenvalue weighted by Gasteiger charge is 2.32. The Labute approximate surface area is 138 Å². The van der Waals surface area contributed by atoms with Crippen LogP contribution in [0.25, 0.3) is 0 Å². The second kappa shape index (κ2) is 6.39. The molecule has 23 heavy (non-hydrogen) atoms. The molecule has 0 amide bonds. The first-order valence-electron chi connectivity index (χ1n) is 6.43. The summed E-state index contributed by atoms with van der Waals surface area (Å²) in [6.07, 6.45) is 0. The van der Waals surface area contributed by atoms with Crippen LogP contribution in [-0.4, -0.2) is 24.3 Å². The lowest BCUT2D eigenvalue weighted by Crippen LogP contribution is -2.44. The molecule has 0 aliphatic heterocycles. The number of hydrogen-bond acceptors (Lipinski definition) is 6. The second-order valence-corrected chi connectivity index (χ2v) is 6.80. The fourth-order valence-electron chi connectivity index (χ4n) is 1.94. The van der Waals surface area contributed by atoms with Gasteiger partial charge in [-0.05, 0) is 32.0 Å². The lowest BCUT2D eigenvalue weighted by Gasteiger charge is -2.21. The van der Waals surface area contributed by atoms with Gasteiger partial charge in [0.25, 0.3) is 10.0 Å². The molecule has 4 N–H and O–H groups in total. The molecule has 0 spiro atoms. The Kier molecular flexibility index (Phi) is 4.71. The summed E-state index contributed by atoms with van der Waals surface area (Å²) in [6, 6.07) is 7.63. The van der Waals surface area contributed by atoms with Crippen LogP contribution in [0.2, 0.25) is 5.02 Å². The molecule has 8 nitrogen and oxygen atoms in total. The normalized spacial score (nSPS) is 12.2. The Morgan fingerprint density at radius 2 is 1.78 bits per heavy atom. The third-order valence-corrected chi connectivity index (χ3v) is 5.03. The molecule has 0 saturated heterocycles. The van der Waals surface area contributed by atoms with Gasteiger partial charge in [0.15, 0.2) is 0 Å². The van der Waals surface area contributed by atoms with Gasteiger partial charge < -0.3 is 11.6 Å². The summed E-state index contributed by atoms with van der Waals surface area (Å²) in [5.74, 6) is 4.53. The number of aryl methyl sites for hydroxylation is 2. The van der Waals surface area contributed by atoms with Gasteiger partial charge in [-0.15, -0.1) is 5.10 Å². The Balaban J connectivity index is 2.71. The summed E-state index contributed by atoms with van der Waals surface area (Å²) in [5, 5.41) is 3.30. The SMILES string of the molecule is Cc1cc(C)nc(N(C(N)=NN)S(=O)(=O)c2ccccc2Cl)n1. The number of aromatic nitrogens is 2. The third-order valence-electron chi connectivity index (χ3n) is 2.85. The van der Waals surface area contributed by atoms with Gasteiger partial charge in [0.1, 0.15) is 4.90 Å². The monoisotopic (exact) mass is 354 g/mol. The Morgan fingerprint density at radius 3 is 2.30 bits per heavy atom. The van der Waals surface area contributed by atoms with E-state index in [9.17, 15) is 8.42 Å². The topological polar surface area (TPSA) is 128 Å². The van der Waals surface area contributed by atoms with Gasteiger partial charge in [-0.25, -0.2) is 18.4 Å². The largest absolute Gasteiger partial charge is 0.367 e. The number of sulfonamides is 1. The molecule has 2 aromatic rings. The zero-order chi connectivity index (χ0) is 17.2. The molecule has 2 rings (SSSR count). The highest BCUT2D eigenvalue weighted by atomic mass is 35.5.